The third-order valence-corrected chi connectivity index (χ3v) is 3.31. The maximum atomic E-state index is 11.4. The van der Waals surface area contributed by atoms with Crippen LogP contribution in [0.15, 0.2) is 36.5 Å². The Morgan fingerprint density at radius 1 is 1.22 bits per heavy atom. The van der Waals surface area contributed by atoms with Gasteiger partial charge in [0.25, 0.3) is 5.91 Å². The standard InChI is InChI=1S/C15H13N5O3/c1-23-12-5-3-9(7-17-12)8-2-4-11(21)10(6-8)13-14(15(16)22)19-20-18-13/h2-7,21H,1H3,(H2,16,22)(H,18,19,20). The van der Waals surface area contributed by atoms with Crippen LogP contribution in [0.25, 0.3) is 22.4 Å². The Morgan fingerprint density at radius 2 is 2.00 bits per heavy atom. The lowest BCUT2D eigenvalue weighted by Gasteiger charge is -2.07. The molecule has 0 atom stereocenters. The number of phenols is 1. The second-order valence-corrected chi connectivity index (χ2v) is 4.71. The van der Waals surface area contributed by atoms with Gasteiger partial charge < -0.3 is 15.6 Å². The molecule has 0 saturated heterocycles. The van der Waals surface area contributed by atoms with Crippen molar-refractivity contribution < 1.29 is 14.6 Å². The molecule has 0 radical (unpaired) electrons. The van der Waals surface area contributed by atoms with Gasteiger partial charge >= 0.3 is 0 Å². The molecule has 3 rings (SSSR count). The first-order valence-electron chi connectivity index (χ1n) is 6.64. The number of nitrogens with one attached hydrogen (secondary N) is 1. The van der Waals surface area contributed by atoms with Crippen molar-refractivity contribution in [1.29, 1.82) is 0 Å². The number of aromatic hydroxyl groups is 1. The number of benzene rings is 1. The summed E-state index contributed by atoms with van der Waals surface area (Å²) in [7, 11) is 1.54. The van der Waals surface area contributed by atoms with Crippen LogP contribution in [0, 0.1) is 0 Å². The first-order valence-corrected chi connectivity index (χ1v) is 6.64. The SMILES string of the molecule is COc1ccc(-c2ccc(O)c(-c3n[nH]nc3C(N)=O)c2)cn1. The molecule has 0 saturated carbocycles. The third kappa shape index (κ3) is 2.69. The van der Waals surface area contributed by atoms with E-state index in [9.17, 15) is 9.90 Å². The number of carbonyl (C=O) groups excluding carboxylic acids is 1. The van der Waals surface area contributed by atoms with Gasteiger partial charge in [0.15, 0.2) is 5.69 Å². The van der Waals surface area contributed by atoms with Gasteiger partial charge in [0, 0.05) is 23.4 Å². The Labute approximate surface area is 130 Å². The Morgan fingerprint density at radius 3 is 2.65 bits per heavy atom. The van der Waals surface area contributed by atoms with Gasteiger partial charge in [-0.1, -0.05) is 6.07 Å². The number of phenolic OH excluding ortho intramolecular Hbond substituents is 1. The second kappa shape index (κ2) is 5.76. The summed E-state index contributed by atoms with van der Waals surface area (Å²) in [6, 6.07) is 8.48. The molecular weight excluding hydrogens is 298 g/mol. The molecule has 0 spiro atoms. The second-order valence-electron chi connectivity index (χ2n) is 4.71. The molecule has 1 aromatic carbocycles. The summed E-state index contributed by atoms with van der Waals surface area (Å²) in [4.78, 5) is 15.5. The van der Waals surface area contributed by atoms with Crippen LogP contribution in [0.5, 0.6) is 11.6 Å². The van der Waals surface area contributed by atoms with Crippen molar-refractivity contribution >= 4 is 5.91 Å². The van der Waals surface area contributed by atoms with Crippen LogP contribution in [0.1, 0.15) is 10.5 Å². The highest BCUT2D eigenvalue weighted by atomic mass is 16.5. The van der Waals surface area contributed by atoms with E-state index in [1.165, 1.54) is 13.2 Å². The molecular formula is C15H13N5O3. The fourth-order valence-corrected chi connectivity index (χ4v) is 2.17. The van der Waals surface area contributed by atoms with Gasteiger partial charge in [0.1, 0.15) is 11.4 Å². The Hall–Kier alpha value is -3.42. The normalized spacial score (nSPS) is 10.5. The molecule has 8 heteroatoms. The fraction of sp³-hybridized carbons (Fsp3) is 0.0667. The number of primary amides is 1. The molecule has 3 aromatic rings. The summed E-state index contributed by atoms with van der Waals surface area (Å²) in [5, 5.41) is 20.0. The number of methoxy groups -OCH3 is 1. The number of aromatic amines is 1. The lowest BCUT2D eigenvalue weighted by molar-refractivity contribution is 0.0996. The minimum atomic E-state index is -0.732. The summed E-state index contributed by atoms with van der Waals surface area (Å²) in [6.45, 7) is 0. The van der Waals surface area contributed by atoms with E-state index in [0.717, 1.165) is 11.1 Å². The lowest BCUT2D eigenvalue weighted by atomic mass is 10.0. The average Bonchev–Trinajstić information content (AvgIpc) is 3.05. The number of hydrogen-bond acceptors (Lipinski definition) is 6. The quantitative estimate of drug-likeness (QED) is 0.667. The molecule has 1 amide bonds. The molecule has 2 heterocycles. The molecule has 0 bridgehead atoms. The van der Waals surface area contributed by atoms with E-state index in [1.807, 2.05) is 6.07 Å². The van der Waals surface area contributed by atoms with Gasteiger partial charge in [0.05, 0.1) is 7.11 Å². The van der Waals surface area contributed by atoms with Gasteiger partial charge in [-0.05, 0) is 23.8 Å². The van der Waals surface area contributed by atoms with E-state index >= 15 is 0 Å². The first kappa shape index (κ1) is 14.5. The number of ether oxygens (including phenoxy) is 1. The van der Waals surface area contributed by atoms with Gasteiger partial charge in [-0.3, -0.25) is 4.79 Å². The van der Waals surface area contributed by atoms with Crippen molar-refractivity contribution in [3.05, 3.63) is 42.2 Å². The van der Waals surface area contributed by atoms with Gasteiger partial charge in [-0.15, -0.1) is 0 Å². The molecule has 116 valence electrons. The summed E-state index contributed by atoms with van der Waals surface area (Å²) in [5.74, 6) is -0.267. The number of aromatic nitrogens is 4. The number of hydrogen-bond donors (Lipinski definition) is 3. The van der Waals surface area contributed by atoms with Crippen LogP contribution in [0.2, 0.25) is 0 Å². The van der Waals surface area contributed by atoms with Crippen LogP contribution >= 0.6 is 0 Å². The first-order chi connectivity index (χ1) is 11.1. The molecule has 0 unspecified atom stereocenters. The highest BCUT2D eigenvalue weighted by molar-refractivity contribution is 5.97. The average molecular weight is 311 g/mol. The molecule has 0 aliphatic rings. The van der Waals surface area contributed by atoms with Crippen molar-refractivity contribution in [2.45, 2.75) is 0 Å². The van der Waals surface area contributed by atoms with E-state index in [1.54, 1.807) is 24.4 Å². The Bertz CT molecular complexity index is 858. The van der Waals surface area contributed by atoms with Crippen LogP contribution in [-0.2, 0) is 0 Å². The van der Waals surface area contributed by atoms with Gasteiger partial charge in [-0.25, -0.2) is 4.98 Å². The van der Waals surface area contributed by atoms with E-state index in [0.29, 0.717) is 11.4 Å². The number of carbonyl (C=O) groups is 1. The number of nitrogens with zero attached hydrogens (tertiary/aromatic N) is 3. The number of rotatable bonds is 4. The molecule has 23 heavy (non-hydrogen) atoms. The van der Waals surface area contributed by atoms with Gasteiger partial charge in [-0.2, -0.15) is 15.4 Å². The molecule has 0 fully saturated rings. The fourth-order valence-electron chi connectivity index (χ4n) is 2.17. The predicted molar refractivity (Wildman–Crippen MR) is 81.8 cm³/mol. The van der Waals surface area contributed by atoms with Crippen molar-refractivity contribution in [1.82, 2.24) is 20.4 Å². The van der Waals surface area contributed by atoms with E-state index in [4.69, 9.17) is 10.5 Å². The minimum Gasteiger partial charge on any atom is -0.507 e. The van der Waals surface area contributed by atoms with E-state index in [2.05, 4.69) is 20.4 Å². The summed E-state index contributed by atoms with van der Waals surface area (Å²) in [6.07, 6.45) is 1.65. The minimum absolute atomic E-state index is 0.0355. The molecule has 2 aromatic heterocycles. The summed E-state index contributed by atoms with van der Waals surface area (Å²) >= 11 is 0. The predicted octanol–water partition coefficient (Wildman–Crippen LogP) is 1.35. The summed E-state index contributed by atoms with van der Waals surface area (Å²) < 4.78 is 5.02. The topological polar surface area (TPSA) is 127 Å². The van der Waals surface area contributed by atoms with Crippen LogP contribution < -0.4 is 10.5 Å². The van der Waals surface area contributed by atoms with Crippen LogP contribution in [0.4, 0.5) is 0 Å². The Balaban J connectivity index is 2.08. The largest absolute Gasteiger partial charge is 0.507 e. The number of pyridine rings is 1. The third-order valence-electron chi connectivity index (χ3n) is 3.31. The van der Waals surface area contributed by atoms with Gasteiger partial charge in [0.2, 0.25) is 5.88 Å². The van der Waals surface area contributed by atoms with Crippen molar-refractivity contribution in [3.63, 3.8) is 0 Å². The number of amides is 1. The molecule has 4 N–H and O–H groups in total. The maximum Gasteiger partial charge on any atom is 0.271 e. The van der Waals surface area contributed by atoms with Crippen molar-refractivity contribution in [2.75, 3.05) is 7.11 Å². The zero-order valence-corrected chi connectivity index (χ0v) is 12.1. The zero-order valence-electron chi connectivity index (χ0n) is 12.1. The monoisotopic (exact) mass is 311 g/mol. The van der Waals surface area contributed by atoms with Crippen LogP contribution in [-0.4, -0.2) is 38.5 Å². The maximum absolute atomic E-state index is 11.4. The highest BCUT2D eigenvalue weighted by Crippen LogP contribution is 2.33. The van der Waals surface area contributed by atoms with E-state index < -0.39 is 5.91 Å². The smallest absolute Gasteiger partial charge is 0.271 e. The molecule has 0 aliphatic carbocycles. The Kier molecular flexibility index (Phi) is 3.63. The highest BCUT2D eigenvalue weighted by Gasteiger charge is 2.18. The number of nitrogens with two attached hydrogens (primary N) is 1. The van der Waals surface area contributed by atoms with Crippen molar-refractivity contribution in [3.8, 4) is 34.0 Å². The van der Waals surface area contributed by atoms with Crippen LogP contribution in [0.3, 0.4) is 0 Å². The zero-order chi connectivity index (χ0) is 16.4. The molecule has 0 aliphatic heterocycles. The van der Waals surface area contributed by atoms with Crippen molar-refractivity contribution in [2.24, 2.45) is 5.73 Å². The molecule has 8 nitrogen and oxygen atoms in total. The number of H-pyrrole nitrogens is 1. The van der Waals surface area contributed by atoms with E-state index in [-0.39, 0.29) is 17.1 Å². The lowest BCUT2D eigenvalue weighted by Crippen LogP contribution is -2.12. The summed E-state index contributed by atoms with van der Waals surface area (Å²) in [5.41, 5.74) is 7.36.